The van der Waals surface area contributed by atoms with Gasteiger partial charge in [-0.2, -0.15) is 0 Å². The molecule has 1 atom stereocenters. The Morgan fingerprint density at radius 1 is 1.45 bits per heavy atom. The molecule has 1 saturated heterocycles. The minimum atomic E-state index is -0.771. The van der Waals surface area contributed by atoms with Crippen LogP contribution in [0.25, 0.3) is 0 Å². The van der Waals surface area contributed by atoms with Crippen molar-refractivity contribution in [2.24, 2.45) is 0 Å². The van der Waals surface area contributed by atoms with Crippen molar-refractivity contribution in [2.75, 3.05) is 13.1 Å². The highest BCUT2D eigenvalue weighted by atomic mass is 35.5. The van der Waals surface area contributed by atoms with Gasteiger partial charge in [0.25, 0.3) is 5.91 Å². The smallest absolute Gasteiger partial charge is 0.277 e. The number of halogens is 1. The average Bonchev–Trinajstić information content (AvgIpc) is 2.94. The Bertz CT molecular complexity index is 728. The van der Waals surface area contributed by atoms with Crippen LogP contribution in [0.4, 0.5) is 0 Å². The van der Waals surface area contributed by atoms with E-state index < -0.39 is 6.04 Å². The van der Waals surface area contributed by atoms with Crippen LogP contribution in [0.1, 0.15) is 27.9 Å². The zero-order chi connectivity index (χ0) is 15.7. The van der Waals surface area contributed by atoms with Crippen molar-refractivity contribution in [2.45, 2.75) is 13.0 Å². The summed E-state index contributed by atoms with van der Waals surface area (Å²) in [5, 5.41) is 6.94. The molecule has 7 heteroatoms. The summed E-state index contributed by atoms with van der Waals surface area (Å²) in [7, 11) is 0. The van der Waals surface area contributed by atoms with Gasteiger partial charge in [0.15, 0.2) is 5.69 Å². The number of piperazine rings is 1. The van der Waals surface area contributed by atoms with E-state index in [9.17, 15) is 9.59 Å². The lowest BCUT2D eigenvalue weighted by Crippen LogP contribution is -2.52. The molecule has 1 N–H and O–H groups in total. The summed E-state index contributed by atoms with van der Waals surface area (Å²) in [6.45, 7) is 2.48. The molecule has 0 saturated carbocycles. The van der Waals surface area contributed by atoms with Crippen molar-refractivity contribution in [1.29, 1.82) is 0 Å². The molecular formula is C15H14ClN3O3. The number of benzene rings is 1. The van der Waals surface area contributed by atoms with Crippen LogP contribution in [0.15, 0.2) is 34.9 Å². The first kappa shape index (κ1) is 14.6. The lowest BCUT2D eigenvalue weighted by atomic mass is 10.0. The zero-order valence-corrected chi connectivity index (χ0v) is 12.6. The third-order valence-corrected chi connectivity index (χ3v) is 3.86. The number of aryl methyl sites for hydroxylation is 1. The fourth-order valence-electron chi connectivity index (χ4n) is 2.51. The molecule has 0 bridgehead atoms. The molecule has 1 aromatic carbocycles. The molecule has 1 aromatic heterocycles. The molecule has 1 aliphatic rings. The fourth-order valence-corrected chi connectivity index (χ4v) is 2.75. The van der Waals surface area contributed by atoms with Gasteiger partial charge in [0.1, 0.15) is 11.8 Å². The number of hydrogen-bond acceptors (Lipinski definition) is 4. The van der Waals surface area contributed by atoms with Crippen LogP contribution in [0.3, 0.4) is 0 Å². The van der Waals surface area contributed by atoms with Crippen LogP contribution < -0.4 is 5.32 Å². The maximum atomic E-state index is 12.6. The Balaban J connectivity index is 1.99. The van der Waals surface area contributed by atoms with E-state index in [2.05, 4.69) is 10.5 Å². The molecule has 22 heavy (non-hydrogen) atoms. The second kappa shape index (κ2) is 5.81. The maximum absolute atomic E-state index is 12.6. The quantitative estimate of drug-likeness (QED) is 0.918. The average molecular weight is 320 g/mol. The number of carbonyl (C=O) groups excluding carboxylic acids is 2. The van der Waals surface area contributed by atoms with Crippen molar-refractivity contribution in [3.63, 3.8) is 0 Å². The van der Waals surface area contributed by atoms with E-state index in [1.54, 1.807) is 37.3 Å². The van der Waals surface area contributed by atoms with Crippen molar-refractivity contribution in [1.82, 2.24) is 15.4 Å². The Morgan fingerprint density at radius 3 is 2.91 bits per heavy atom. The number of nitrogens with zero attached hydrogens (tertiary/aromatic N) is 2. The van der Waals surface area contributed by atoms with Crippen LogP contribution in [0.2, 0.25) is 5.02 Å². The maximum Gasteiger partial charge on any atom is 0.277 e. The number of nitrogens with one attached hydrogen (secondary N) is 1. The minimum Gasteiger partial charge on any atom is -0.361 e. The molecule has 0 aliphatic carbocycles. The molecule has 114 valence electrons. The predicted octanol–water partition coefficient (Wildman–Crippen LogP) is 1.95. The number of rotatable bonds is 2. The summed E-state index contributed by atoms with van der Waals surface area (Å²) in [5.74, 6) is -0.0661. The van der Waals surface area contributed by atoms with Crippen LogP contribution in [0.5, 0.6) is 0 Å². The van der Waals surface area contributed by atoms with Crippen molar-refractivity contribution in [3.05, 3.63) is 52.4 Å². The SMILES string of the molecule is Cc1cc(C(=O)N2CCNC(=O)[C@@H]2c2ccccc2Cl)no1. The van der Waals surface area contributed by atoms with Crippen LogP contribution in [-0.4, -0.2) is 35.0 Å². The molecule has 0 radical (unpaired) electrons. The Labute approximate surface area is 132 Å². The molecule has 0 unspecified atom stereocenters. The second-order valence-electron chi connectivity index (χ2n) is 5.04. The molecule has 6 nitrogen and oxygen atoms in total. The van der Waals surface area contributed by atoms with Gasteiger partial charge in [0, 0.05) is 29.7 Å². The van der Waals surface area contributed by atoms with Crippen LogP contribution in [-0.2, 0) is 4.79 Å². The van der Waals surface area contributed by atoms with Gasteiger partial charge in [0.05, 0.1) is 0 Å². The van der Waals surface area contributed by atoms with Gasteiger partial charge in [-0.1, -0.05) is 35.0 Å². The summed E-state index contributed by atoms with van der Waals surface area (Å²) in [4.78, 5) is 26.4. The zero-order valence-electron chi connectivity index (χ0n) is 11.9. The summed E-state index contributed by atoms with van der Waals surface area (Å²) < 4.78 is 4.94. The summed E-state index contributed by atoms with van der Waals surface area (Å²) >= 11 is 6.19. The summed E-state index contributed by atoms with van der Waals surface area (Å²) in [6, 6.07) is 7.78. The largest absolute Gasteiger partial charge is 0.361 e. The first-order chi connectivity index (χ1) is 10.6. The van der Waals surface area contributed by atoms with Gasteiger partial charge in [-0.05, 0) is 13.0 Å². The molecule has 2 amide bonds. The lowest BCUT2D eigenvalue weighted by Gasteiger charge is -2.35. The van der Waals surface area contributed by atoms with E-state index >= 15 is 0 Å². The number of hydrogen-bond donors (Lipinski definition) is 1. The highest BCUT2D eigenvalue weighted by molar-refractivity contribution is 6.31. The lowest BCUT2D eigenvalue weighted by molar-refractivity contribution is -0.128. The van der Waals surface area contributed by atoms with E-state index in [0.29, 0.717) is 29.4 Å². The van der Waals surface area contributed by atoms with E-state index in [1.165, 1.54) is 4.90 Å². The Morgan fingerprint density at radius 2 is 2.23 bits per heavy atom. The summed E-state index contributed by atoms with van der Waals surface area (Å²) in [5.41, 5.74) is 0.777. The van der Waals surface area contributed by atoms with Gasteiger partial charge in [-0.3, -0.25) is 9.59 Å². The number of amides is 2. The first-order valence-corrected chi connectivity index (χ1v) is 7.22. The molecule has 1 aliphatic heterocycles. The topological polar surface area (TPSA) is 75.4 Å². The summed E-state index contributed by atoms with van der Waals surface area (Å²) in [6.07, 6.45) is 0. The number of aromatic nitrogens is 1. The monoisotopic (exact) mass is 319 g/mol. The van der Waals surface area contributed by atoms with Crippen LogP contribution >= 0.6 is 11.6 Å². The third kappa shape index (κ3) is 2.57. The predicted molar refractivity (Wildman–Crippen MR) is 79.5 cm³/mol. The van der Waals surface area contributed by atoms with Gasteiger partial charge >= 0.3 is 0 Å². The van der Waals surface area contributed by atoms with Gasteiger partial charge in [-0.25, -0.2) is 0 Å². The van der Waals surface area contributed by atoms with Crippen molar-refractivity contribution in [3.8, 4) is 0 Å². The highest BCUT2D eigenvalue weighted by Gasteiger charge is 2.36. The molecule has 0 spiro atoms. The molecular weight excluding hydrogens is 306 g/mol. The normalized spacial score (nSPS) is 18.2. The molecule has 2 heterocycles. The fraction of sp³-hybridized carbons (Fsp3) is 0.267. The Kier molecular flexibility index (Phi) is 3.85. The second-order valence-corrected chi connectivity index (χ2v) is 5.44. The Hall–Kier alpha value is -2.34. The molecule has 2 aromatic rings. The first-order valence-electron chi connectivity index (χ1n) is 6.84. The van der Waals surface area contributed by atoms with E-state index in [0.717, 1.165) is 0 Å². The van der Waals surface area contributed by atoms with Gasteiger partial charge in [0.2, 0.25) is 5.91 Å². The van der Waals surface area contributed by atoms with Gasteiger partial charge in [-0.15, -0.1) is 0 Å². The van der Waals surface area contributed by atoms with Gasteiger partial charge < -0.3 is 14.7 Å². The van der Waals surface area contributed by atoms with Crippen LogP contribution in [0, 0.1) is 6.92 Å². The molecule has 3 rings (SSSR count). The van der Waals surface area contributed by atoms with E-state index in [1.807, 2.05) is 0 Å². The van der Waals surface area contributed by atoms with E-state index in [-0.39, 0.29) is 17.5 Å². The van der Waals surface area contributed by atoms with E-state index in [4.69, 9.17) is 16.1 Å². The van der Waals surface area contributed by atoms with Crippen molar-refractivity contribution >= 4 is 23.4 Å². The highest BCUT2D eigenvalue weighted by Crippen LogP contribution is 2.30. The standard InChI is InChI=1S/C15H14ClN3O3/c1-9-8-12(18-22-9)15(21)19-7-6-17-14(20)13(19)10-4-2-3-5-11(10)16/h2-5,8,13H,6-7H2,1H3,(H,17,20)/t13-/m0/s1. The van der Waals surface area contributed by atoms with Crippen molar-refractivity contribution < 1.29 is 14.1 Å². The number of carbonyl (C=O) groups is 2. The minimum absolute atomic E-state index is 0.184. The third-order valence-electron chi connectivity index (χ3n) is 3.52. The molecule has 1 fully saturated rings.